The zero-order chi connectivity index (χ0) is 26.5. The lowest BCUT2D eigenvalue weighted by Crippen LogP contribution is -2.31. The third kappa shape index (κ3) is 9.66. The van der Waals surface area contributed by atoms with Crippen molar-refractivity contribution >= 4 is 18.2 Å². The van der Waals surface area contributed by atoms with Crippen molar-refractivity contribution in [3.05, 3.63) is 113 Å². The van der Waals surface area contributed by atoms with Crippen LogP contribution in [0, 0.1) is 0 Å². The van der Waals surface area contributed by atoms with Gasteiger partial charge in [-0.05, 0) is 73.4 Å². The minimum Gasteiger partial charge on any atom is -0.516 e. The van der Waals surface area contributed by atoms with Gasteiger partial charge in [-0.3, -0.25) is 0 Å². The number of hydrogen-bond acceptors (Lipinski definition) is 4. The molecule has 0 bridgehead atoms. The molecule has 0 amide bonds. The maximum atomic E-state index is 9.04. The van der Waals surface area contributed by atoms with Crippen molar-refractivity contribution in [2.75, 3.05) is 6.61 Å². The molecule has 0 aliphatic carbocycles. The fourth-order valence-electron chi connectivity index (χ4n) is 4.02. The molecule has 0 fully saturated rings. The van der Waals surface area contributed by atoms with Gasteiger partial charge in [0.1, 0.15) is 17.1 Å². The van der Waals surface area contributed by atoms with Crippen LogP contribution in [0.1, 0.15) is 56.4 Å². The van der Waals surface area contributed by atoms with Gasteiger partial charge in [0.05, 0.1) is 6.26 Å². The van der Waals surface area contributed by atoms with E-state index in [4.69, 9.17) is 19.3 Å². The predicted octanol–water partition coefficient (Wildman–Crippen LogP) is 8.49. The molecule has 0 saturated carbocycles. The first-order valence-electron chi connectivity index (χ1n) is 12.8. The van der Waals surface area contributed by atoms with Crippen LogP contribution in [0.2, 0.25) is 0 Å². The van der Waals surface area contributed by atoms with Crippen molar-refractivity contribution in [3.63, 3.8) is 0 Å². The Kier molecular flexibility index (Phi) is 10.6. The van der Waals surface area contributed by atoms with Crippen molar-refractivity contribution in [2.24, 2.45) is 0 Å². The summed E-state index contributed by atoms with van der Waals surface area (Å²) in [6.07, 6.45) is 12.2. The van der Waals surface area contributed by atoms with E-state index >= 15 is 0 Å². The van der Waals surface area contributed by atoms with Crippen molar-refractivity contribution in [1.29, 1.82) is 0 Å². The van der Waals surface area contributed by atoms with Gasteiger partial charge < -0.3 is 19.3 Å². The van der Waals surface area contributed by atoms with Crippen LogP contribution in [0.4, 0.5) is 0 Å². The maximum absolute atomic E-state index is 9.04. The van der Waals surface area contributed by atoms with E-state index in [0.717, 1.165) is 52.9 Å². The van der Waals surface area contributed by atoms with Crippen LogP contribution >= 0.6 is 0 Å². The third-order valence-corrected chi connectivity index (χ3v) is 5.60. The molecule has 194 valence electrons. The first kappa shape index (κ1) is 27.8. The molecular weight excluding hydrogens is 460 g/mol. The molecule has 1 N–H and O–H groups in total. The minimum atomic E-state index is -0.393. The molecule has 3 rings (SSSR count). The zero-order valence-corrected chi connectivity index (χ0v) is 22.3. The third-order valence-electron chi connectivity index (χ3n) is 5.60. The summed E-state index contributed by atoms with van der Waals surface area (Å²) < 4.78 is 17.9. The average Bonchev–Trinajstić information content (AvgIpc) is 2.87. The maximum Gasteiger partial charge on any atom is 0.199 e. The predicted molar refractivity (Wildman–Crippen MR) is 154 cm³/mol. The fraction of sp³-hybridized carbons (Fsp3) is 0.273. The van der Waals surface area contributed by atoms with Crippen LogP contribution < -0.4 is 9.47 Å². The van der Waals surface area contributed by atoms with Crippen molar-refractivity contribution < 1.29 is 19.3 Å². The van der Waals surface area contributed by atoms with Gasteiger partial charge in [0.15, 0.2) is 6.29 Å². The lowest BCUT2D eigenvalue weighted by atomic mass is 9.97. The first-order chi connectivity index (χ1) is 17.9. The Balaban J connectivity index is 1.60. The molecule has 37 heavy (non-hydrogen) atoms. The Morgan fingerprint density at radius 2 is 1.38 bits per heavy atom. The molecule has 0 spiro atoms. The standard InChI is InChI=1S/C33H38O4/c1-5-32(35-6-2)36-30-18-10-15-26(23-30)12-7-8-13-27-16-11-19-31(24-27)37-33(3,4)25-29-17-9-14-28(22-29)20-21-34/h7-24,32,34H,5-6,25H2,1-4H3. The van der Waals surface area contributed by atoms with E-state index in [0.29, 0.717) is 6.61 Å². The second kappa shape index (κ2) is 14.1. The Labute approximate surface area is 221 Å². The molecule has 4 nitrogen and oxygen atoms in total. The molecule has 0 aliphatic rings. The van der Waals surface area contributed by atoms with E-state index in [2.05, 4.69) is 44.2 Å². The first-order valence-corrected chi connectivity index (χ1v) is 12.8. The van der Waals surface area contributed by atoms with Gasteiger partial charge in [-0.15, -0.1) is 0 Å². The highest BCUT2D eigenvalue weighted by molar-refractivity contribution is 5.59. The number of benzene rings is 3. The Morgan fingerprint density at radius 3 is 2.00 bits per heavy atom. The van der Waals surface area contributed by atoms with Gasteiger partial charge >= 0.3 is 0 Å². The van der Waals surface area contributed by atoms with Crippen LogP contribution in [0.25, 0.3) is 18.2 Å². The molecule has 3 aromatic rings. The monoisotopic (exact) mass is 498 g/mol. The second-order valence-corrected chi connectivity index (χ2v) is 9.37. The fourth-order valence-corrected chi connectivity index (χ4v) is 4.02. The summed E-state index contributed by atoms with van der Waals surface area (Å²) in [7, 11) is 0. The van der Waals surface area contributed by atoms with E-state index in [1.807, 2.05) is 80.6 Å². The number of rotatable bonds is 13. The molecule has 0 aromatic heterocycles. The van der Waals surface area contributed by atoms with Crippen LogP contribution in [0.5, 0.6) is 11.5 Å². The molecule has 1 unspecified atom stereocenters. The number of ether oxygens (including phenoxy) is 3. The van der Waals surface area contributed by atoms with Crippen molar-refractivity contribution in [1.82, 2.24) is 0 Å². The molecule has 0 heterocycles. The van der Waals surface area contributed by atoms with E-state index in [1.54, 1.807) is 6.08 Å². The van der Waals surface area contributed by atoms with Crippen LogP contribution in [-0.4, -0.2) is 23.6 Å². The zero-order valence-electron chi connectivity index (χ0n) is 22.3. The number of allylic oxidation sites excluding steroid dienone is 2. The van der Waals surface area contributed by atoms with Crippen LogP contribution in [0.3, 0.4) is 0 Å². The van der Waals surface area contributed by atoms with E-state index in [9.17, 15) is 0 Å². The van der Waals surface area contributed by atoms with Crippen molar-refractivity contribution in [3.8, 4) is 11.5 Å². The quantitative estimate of drug-likeness (QED) is 0.146. The molecule has 4 heteroatoms. The normalized spacial score (nSPS) is 13.0. The van der Waals surface area contributed by atoms with Gasteiger partial charge in [0.2, 0.25) is 0 Å². The number of hydrogen-bond donors (Lipinski definition) is 1. The molecule has 1 atom stereocenters. The van der Waals surface area contributed by atoms with E-state index in [-0.39, 0.29) is 6.29 Å². The number of aliphatic hydroxyl groups is 1. The lowest BCUT2D eigenvalue weighted by molar-refractivity contribution is -0.0766. The molecule has 0 radical (unpaired) electrons. The van der Waals surface area contributed by atoms with Crippen LogP contribution in [0.15, 0.2) is 91.2 Å². The summed E-state index contributed by atoms with van der Waals surface area (Å²) in [5.41, 5.74) is 3.85. The summed E-state index contributed by atoms with van der Waals surface area (Å²) >= 11 is 0. The van der Waals surface area contributed by atoms with Gasteiger partial charge in [-0.25, -0.2) is 0 Å². The van der Waals surface area contributed by atoms with Gasteiger partial charge in [0, 0.05) is 19.4 Å². The molecule has 0 saturated heterocycles. The summed E-state index contributed by atoms with van der Waals surface area (Å²) in [4.78, 5) is 0. The highest BCUT2D eigenvalue weighted by atomic mass is 16.7. The topological polar surface area (TPSA) is 47.9 Å². The van der Waals surface area contributed by atoms with E-state index in [1.165, 1.54) is 0 Å². The second-order valence-electron chi connectivity index (χ2n) is 9.37. The molecular formula is C33H38O4. The lowest BCUT2D eigenvalue weighted by Gasteiger charge is -2.27. The summed E-state index contributed by atoms with van der Waals surface area (Å²) in [5, 5.41) is 9.04. The Hall–Kier alpha value is -3.76. The van der Waals surface area contributed by atoms with Crippen LogP contribution in [-0.2, 0) is 11.2 Å². The minimum absolute atomic E-state index is 0.225. The Morgan fingerprint density at radius 1 is 0.784 bits per heavy atom. The largest absolute Gasteiger partial charge is 0.516 e. The van der Waals surface area contributed by atoms with Gasteiger partial charge in [-0.1, -0.05) is 79.8 Å². The smallest absolute Gasteiger partial charge is 0.199 e. The van der Waals surface area contributed by atoms with Crippen molar-refractivity contribution in [2.45, 2.75) is 52.4 Å². The summed E-state index contributed by atoms with van der Waals surface area (Å²) in [6, 6.07) is 24.2. The molecule has 3 aromatic carbocycles. The van der Waals surface area contributed by atoms with Gasteiger partial charge in [-0.2, -0.15) is 0 Å². The average molecular weight is 499 g/mol. The Bertz CT molecular complexity index is 1210. The number of aliphatic hydroxyl groups excluding tert-OH is 1. The highest BCUT2D eigenvalue weighted by Gasteiger charge is 2.20. The SMILES string of the molecule is CCOC(CC)Oc1cccc(C=CC=Cc2cccc(OC(C)(C)Cc3cccc(C=CO)c3)c2)c1. The van der Waals surface area contributed by atoms with Gasteiger partial charge in [0.25, 0.3) is 0 Å². The van der Waals surface area contributed by atoms with E-state index < -0.39 is 5.60 Å². The summed E-state index contributed by atoms with van der Waals surface area (Å²) in [5.74, 6) is 1.63. The summed E-state index contributed by atoms with van der Waals surface area (Å²) in [6.45, 7) is 8.82. The highest BCUT2D eigenvalue weighted by Crippen LogP contribution is 2.24. The molecule has 0 aliphatic heterocycles.